The molecule has 0 amide bonds. The first-order chi connectivity index (χ1) is 6.72. The number of fused-ring (bicyclic) bond motifs is 1. The molecule has 0 saturated carbocycles. The van der Waals surface area contributed by atoms with Crippen molar-refractivity contribution in [2.24, 2.45) is 0 Å². The number of hydrogen-bond acceptors (Lipinski definition) is 1. The molecule has 14 heavy (non-hydrogen) atoms. The van der Waals surface area contributed by atoms with Gasteiger partial charge in [0, 0.05) is 21.4 Å². The maximum absolute atomic E-state index is 12.9. The van der Waals surface area contributed by atoms with Gasteiger partial charge in [-0.3, -0.25) is 4.98 Å². The molecule has 1 aromatic carbocycles. The molecule has 0 saturated heterocycles. The summed E-state index contributed by atoms with van der Waals surface area (Å²) in [6.07, 6.45) is 1.68. The van der Waals surface area contributed by atoms with Gasteiger partial charge in [0.25, 0.3) is 0 Å². The Morgan fingerprint density at radius 2 is 2.14 bits per heavy atom. The van der Waals surface area contributed by atoms with Crippen LogP contribution in [0.4, 0.5) is 4.39 Å². The lowest BCUT2D eigenvalue weighted by atomic mass is 10.1. The Bertz CT molecular complexity index is 485. The van der Waals surface area contributed by atoms with Gasteiger partial charge >= 0.3 is 0 Å². The summed E-state index contributed by atoms with van der Waals surface area (Å²) in [6.45, 7) is 0. The van der Waals surface area contributed by atoms with Crippen molar-refractivity contribution >= 4 is 42.6 Å². The molecule has 0 aliphatic rings. The molecule has 2 aromatic rings. The average molecular weight is 319 g/mol. The Labute approximate surface area is 97.6 Å². The predicted molar refractivity (Wildman–Crippen MR) is 62.0 cm³/mol. The third-order valence-electron chi connectivity index (χ3n) is 1.99. The van der Waals surface area contributed by atoms with Gasteiger partial charge in [-0.2, -0.15) is 0 Å². The SMILES string of the molecule is Fc1ccc2c(Br)c(CBr)ncc2c1. The number of halogens is 3. The van der Waals surface area contributed by atoms with Crippen LogP contribution in [0, 0.1) is 5.82 Å². The molecule has 0 fully saturated rings. The first-order valence-electron chi connectivity index (χ1n) is 4.01. The third kappa shape index (κ3) is 1.68. The van der Waals surface area contributed by atoms with E-state index in [1.807, 2.05) is 0 Å². The highest BCUT2D eigenvalue weighted by Crippen LogP contribution is 2.27. The molecule has 4 heteroatoms. The Balaban J connectivity index is 2.77. The monoisotopic (exact) mass is 317 g/mol. The lowest BCUT2D eigenvalue weighted by Crippen LogP contribution is -1.88. The van der Waals surface area contributed by atoms with Gasteiger partial charge in [-0.25, -0.2) is 4.39 Å². The van der Waals surface area contributed by atoms with Crippen LogP contribution in [-0.2, 0) is 5.33 Å². The van der Waals surface area contributed by atoms with Crippen LogP contribution in [0.25, 0.3) is 10.8 Å². The highest BCUT2D eigenvalue weighted by molar-refractivity contribution is 9.11. The van der Waals surface area contributed by atoms with Crippen molar-refractivity contribution in [3.05, 3.63) is 40.4 Å². The molecule has 2 rings (SSSR count). The molecule has 0 bridgehead atoms. The van der Waals surface area contributed by atoms with Crippen LogP contribution in [0.3, 0.4) is 0 Å². The first-order valence-corrected chi connectivity index (χ1v) is 5.92. The zero-order valence-electron chi connectivity index (χ0n) is 7.10. The standard InChI is InChI=1S/C10H6Br2FN/c11-4-9-10(12)8-2-1-7(13)3-6(8)5-14-9/h1-3,5H,4H2. The van der Waals surface area contributed by atoms with Gasteiger partial charge in [-0.05, 0) is 33.4 Å². The number of nitrogens with zero attached hydrogens (tertiary/aromatic N) is 1. The van der Waals surface area contributed by atoms with Gasteiger partial charge in [0.15, 0.2) is 0 Å². The summed E-state index contributed by atoms with van der Waals surface area (Å²) in [5.74, 6) is -0.238. The molecule has 0 spiro atoms. The molecular weight excluding hydrogens is 313 g/mol. The van der Waals surface area contributed by atoms with Gasteiger partial charge in [0.2, 0.25) is 0 Å². The van der Waals surface area contributed by atoms with Gasteiger partial charge in [-0.15, -0.1) is 0 Å². The van der Waals surface area contributed by atoms with Crippen molar-refractivity contribution in [3.63, 3.8) is 0 Å². The summed E-state index contributed by atoms with van der Waals surface area (Å²) >= 11 is 6.79. The summed E-state index contributed by atoms with van der Waals surface area (Å²) in [6, 6.07) is 4.68. The normalized spacial score (nSPS) is 10.8. The Hall–Kier alpha value is -0.480. The Morgan fingerprint density at radius 3 is 2.86 bits per heavy atom. The number of benzene rings is 1. The van der Waals surface area contributed by atoms with E-state index in [9.17, 15) is 4.39 Å². The quantitative estimate of drug-likeness (QED) is 0.723. The smallest absolute Gasteiger partial charge is 0.123 e. The van der Waals surface area contributed by atoms with Crippen LogP contribution in [0.5, 0.6) is 0 Å². The molecule has 0 radical (unpaired) electrons. The summed E-state index contributed by atoms with van der Waals surface area (Å²) in [5.41, 5.74) is 0.920. The van der Waals surface area contributed by atoms with Gasteiger partial charge < -0.3 is 0 Å². The van der Waals surface area contributed by atoms with Crippen molar-refractivity contribution in [2.75, 3.05) is 0 Å². The highest BCUT2D eigenvalue weighted by atomic mass is 79.9. The lowest BCUT2D eigenvalue weighted by molar-refractivity contribution is 0.629. The van der Waals surface area contributed by atoms with Crippen LogP contribution >= 0.6 is 31.9 Å². The van der Waals surface area contributed by atoms with E-state index in [-0.39, 0.29) is 5.82 Å². The Kier molecular flexibility index (Phi) is 2.83. The fourth-order valence-corrected chi connectivity index (χ4v) is 2.70. The molecule has 1 nitrogen and oxygen atoms in total. The van der Waals surface area contributed by atoms with E-state index >= 15 is 0 Å². The molecular formula is C10H6Br2FN. The maximum atomic E-state index is 12.9. The topological polar surface area (TPSA) is 12.9 Å². The van der Waals surface area contributed by atoms with E-state index in [0.29, 0.717) is 5.33 Å². The van der Waals surface area contributed by atoms with Crippen LogP contribution in [0.1, 0.15) is 5.69 Å². The van der Waals surface area contributed by atoms with Crippen LogP contribution in [0.15, 0.2) is 28.9 Å². The van der Waals surface area contributed by atoms with Crippen LogP contribution in [-0.4, -0.2) is 4.98 Å². The minimum Gasteiger partial charge on any atom is -0.259 e. The van der Waals surface area contributed by atoms with E-state index in [2.05, 4.69) is 36.8 Å². The summed E-state index contributed by atoms with van der Waals surface area (Å²) in [7, 11) is 0. The number of rotatable bonds is 1. The van der Waals surface area contributed by atoms with Gasteiger partial charge in [-0.1, -0.05) is 22.0 Å². The highest BCUT2D eigenvalue weighted by Gasteiger charge is 2.05. The molecule has 1 aromatic heterocycles. The van der Waals surface area contributed by atoms with Crippen LogP contribution in [0.2, 0.25) is 0 Å². The second-order valence-electron chi connectivity index (χ2n) is 2.88. The van der Waals surface area contributed by atoms with E-state index in [0.717, 1.165) is 20.9 Å². The molecule has 0 aliphatic heterocycles. The fourth-order valence-electron chi connectivity index (χ4n) is 1.29. The number of pyridine rings is 1. The number of alkyl halides is 1. The molecule has 0 atom stereocenters. The second kappa shape index (κ2) is 3.95. The van der Waals surface area contributed by atoms with E-state index in [1.165, 1.54) is 12.1 Å². The lowest BCUT2D eigenvalue weighted by Gasteiger charge is -2.04. The van der Waals surface area contributed by atoms with E-state index < -0.39 is 0 Å². The summed E-state index contributed by atoms with van der Waals surface area (Å²) in [4.78, 5) is 4.21. The van der Waals surface area contributed by atoms with Crippen molar-refractivity contribution in [1.29, 1.82) is 0 Å². The molecule has 0 N–H and O–H groups in total. The van der Waals surface area contributed by atoms with Gasteiger partial charge in [0.1, 0.15) is 5.82 Å². The molecule has 0 aliphatic carbocycles. The molecule has 1 heterocycles. The second-order valence-corrected chi connectivity index (χ2v) is 4.24. The number of aromatic nitrogens is 1. The zero-order valence-corrected chi connectivity index (χ0v) is 10.3. The van der Waals surface area contributed by atoms with E-state index in [4.69, 9.17) is 0 Å². The van der Waals surface area contributed by atoms with Crippen molar-refractivity contribution in [3.8, 4) is 0 Å². The first kappa shape index (κ1) is 10.1. The minimum atomic E-state index is -0.238. The number of hydrogen-bond donors (Lipinski definition) is 0. The summed E-state index contributed by atoms with van der Waals surface area (Å²) in [5, 5.41) is 2.47. The third-order valence-corrected chi connectivity index (χ3v) is 3.41. The molecule has 72 valence electrons. The Morgan fingerprint density at radius 1 is 1.36 bits per heavy atom. The van der Waals surface area contributed by atoms with Crippen molar-refractivity contribution in [1.82, 2.24) is 4.98 Å². The average Bonchev–Trinajstić information content (AvgIpc) is 2.18. The summed E-state index contributed by atoms with van der Waals surface area (Å²) < 4.78 is 13.8. The van der Waals surface area contributed by atoms with Gasteiger partial charge in [0.05, 0.1) is 5.69 Å². The van der Waals surface area contributed by atoms with Crippen LogP contribution < -0.4 is 0 Å². The predicted octanol–water partition coefficient (Wildman–Crippen LogP) is 4.03. The molecule has 0 unspecified atom stereocenters. The minimum absolute atomic E-state index is 0.238. The van der Waals surface area contributed by atoms with E-state index in [1.54, 1.807) is 12.3 Å². The van der Waals surface area contributed by atoms with Crippen molar-refractivity contribution < 1.29 is 4.39 Å². The largest absolute Gasteiger partial charge is 0.259 e. The zero-order chi connectivity index (χ0) is 10.1. The maximum Gasteiger partial charge on any atom is 0.123 e. The van der Waals surface area contributed by atoms with Crippen molar-refractivity contribution in [2.45, 2.75) is 5.33 Å². The fraction of sp³-hybridized carbons (Fsp3) is 0.100.